The van der Waals surface area contributed by atoms with Gasteiger partial charge >= 0.3 is 0 Å². The van der Waals surface area contributed by atoms with Crippen LogP contribution in [0.1, 0.15) is 11.3 Å². The van der Waals surface area contributed by atoms with E-state index in [1.54, 1.807) is 27.8 Å². The van der Waals surface area contributed by atoms with E-state index in [0.29, 0.717) is 28.2 Å². The van der Waals surface area contributed by atoms with Gasteiger partial charge in [-0.2, -0.15) is 10.2 Å². The summed E-state index contributed by atoms with van der Waals surface area (Å²) in [4.78, 5) is 0. The number of nitrogens with zero attached hydrogens (tertiary/aromatic N) is 4. The largest absolute Gasteiger partial charge is 0.357 e. The summed E-state index contributed by atoms with van der Waals surface area (Å²) in [5.41, 5.74) is 2.78. The first-order valence-electron chi connectivity index (χ1n) is 7.49. The maximum Gasteiger partial charge on any atom is 0.171 e. The summed E-state index contributed by atoms with van der Waals surface area (Å²) in [5, 5.41) is 16.4. The first kappa shape index (κ1) is 17.7. The molecule has 2 N–H and O–H groups in total. The Bertz CT molecular complexity index is 888. The molecule has 0 spiro atoms. The molecule has 0 unspecified atom stereocenters. The highest BCUT2D eigenvalue weighted by atomic mass is 35.5. The zero-order valence-electron chi connectivity index (χ0n) is 13.4. The molecule has 0 radical (unpaired) electrons. The molecule has 3 rings (SSSR count). The lowest BCUT2D eigenvalue weighted by Gasteiger charge is -2.09. The maximum atomic E-state index is 6.19. The molecule has 0 saturated heterocycles. The van der Waals surface area contributed by atoms with Crippen LogP contribution in [0.4, 0.5) is 5.69 Å². The van der Waals surface area contributed by atoms with Crippen LogP contribution < -0.4 is 10.6 Å². The van der Waals surface area contributed by atoms with Gasteiger partial charge in [0.2, 0.25) is 0 Å². The molecule has 6 nitrogen and oxygen atoms in total. The van der Waals surface area contributed by atoms with Gasteiger partial charge in [-0.25, -0.2) is 0 Å². The summed E-state index contributed by atoms with van der Waals surface area (Å²) in [6.07, 6.45) is 5.32. The van der Waals surface area contributed by atoms with Crippen LogP contribution in [0.25, 0.3) is 0 Å². The SMILES string of the molecule is Cn1nccc1CNC(=S)Nc1cnn(Cc2ccc(Cl)cc2Cl)c1. The minimum atomic E-state index is 0.519. The molecule has 130 valence electrons. The van der Waals surface area contributed by atoms with Crippen molar-refractivity contribution in [2.75, 3.05) is 5.32 Å². The lowest BCUT2D eigenvalue weighted by molar-refractivity contribution is 0.687. The predicted molar refractivity (Wildman–Crippen MR) is 104 cm³/mol. The molecule has 1 aromatic carbocycles. The zero-order valence-corrected chi connectivity index (χ0v) is 15.7. The van der Waals surface area contributed by atoms with Crippen LogP contribution in [0.5, 0.6) is 0 Å². The van der Waals surface area contributed by atoms with Crippen molar-refractivity contribution < 1.29 is 0 Å². The lowest BCUT2D eigenvalue weighted by Crippen LogP contribution is -2.28. The van der Waals surface area contributed by atoms with Gasteiger partial charge in [0.25, 0.3) is 0 Å². The Morgan fingerprint density at radius 1 is 1.24 bits per heavy atom. The van der Waals surface area contributed by atoms with Gasteiger partial charge < -0.3 is 10.6 Å². The maximum absolute atomic E-state index is 6.19. The smallest absolute Gasteiger partial charge is 0.171 e. The number of hydrogen-bond acceptors (Lipinski definition) is 3. The first-order valence-corrected chi connectivity index (χ1v) is 8.66. The van der Waals surface area contributed by atoms with Crippen LogP contribution in [0.3, 0.4) is 0 Å². The molecule has 3 aromatic rings. The van der Waals surface area contributed by atoms with Crippen LogP contribution >= 0.6 is 35.4 Å². The number of halogens is 2. The van der Waals surface area contributed by atoms with Crippen molar-refractivity contribution in [1.29, 1.82) is 0 Å². The van der Waals surface area contributed by atoms with Gasteiger partial charge in [-0.05, 0) is 36.0 Å². The molecule has 0 saturated carbocycles. The summed E-state index contributed by atoms with van der Waals surface area (Å²) < 4.78 is 3.57. The number of aryl methyl sites for hydroxylation is 1. The van der Waals surface area contributed by atoms with Gasteiger partial charge in [-0.1, -0.05) is 29.3 Å². The summed E-state index contributed by atoms with van der Waals surface area (Å²) in [5.74, 6) is 0. The highest BCUT2D eigenvalue weighted by Gasteiger charge is 2.06. The topological polar surface area (TPSA) is 59.7 Å². The fraction of sp³-hybridized carbons (Fsp3) is 0.188. The average molecular weight is 395 g/mol. The number of benzene rings is 1. The second kappa shape index (κ2) is 7.86. The summed E-state index contributed by atoms with van der Waals surface area (Å²) in [6, 6.07) is 7.35. The molecule has 0 bridgehead atoms. The summed E-state index contributed by atoms with van der Waals surface area (Å²) in [7, 11) is 1.89. The summed E-state index contributed by atoms with van der Waals surface area (Å²) in [6.45, 7) is 1.14. The second-order valence-electron chi connectivity index (χ2n) is 5.42. The third kappa shape index (κ3) is 4.72. The van der Waals surface area contributed by atoms with Gasteiger partial charge in [-0.15, -0.1) is 0 Å². The normalized spacial score (nSPS) is 10.7. The molecule has 0 atom stereocenters. The van der Waals surface area contributed by atoms with Crippen LogP contribution in [0, 0.1) is 0 Å². The van der Waals surface area contributed by atoms with Crippen LogP contribution in [0.2, 0.25) is 10.0 Å². The van der Waals surface area contributed by atoms with E-state index in [1.807, 2.05) is 31.4 Å². The van der Waals surface area contributed by atoms with Crippen molar-refractivity contribution in [1.82, 2.24) is 24.9 Å². The van der Waals surface area contributed by atoms with Crippen molar-refractivity contribution in [2.24, 2.45) is 7.05 Å². The van der Waals surface area contributed by atoms with Crippen molar-refractivity contribution in [3.8, 4) is 0 Å². The van der Waals surface area contributed by atoms with Gasteiger partial charge in [0.05, 0.1) is 30.7 Å². The molecule has 0 aliphatic rings. The Morgan fingerprint density at radius 2 is 2.08 bits per heavy atom. The molecular formula is C16H16Cl2N6S. The highest BCUT2D eigenvalue weighted by molar-refractivity contribution is 7.80. The summed E-state index contributed by atoms with van der Waals surface area (Å²) >= 11 is 17.4. The van der Waals surface area contributed by atoms with E-state index in [4.69, 9.17) is 35.4 Å². The number of nitrogens with one attached hydrogen (secondary N) is 2. The van der Waals surface area contributed by atoms with Crippen LogP contribution in [0.15, 0.2) is 42.9 Å². The molecule has 0 aliphatic carbocycles. The van der Waals surface area contributed by atoms with Crippen molar-refractivity contribution in [3.05, 3.63) is 64.2 Å². The number of hydrogen-bond donors (Lipinski definition) is 2. The molecule has 9 heteroatoms. The number of thiocarbonyl (C=S) groups is 1. The average Bonchev–Trinajstić information content (AvgIpc) is 3.17. The Kier molecular flexibility index (Phi) is 5.57. The third-order valence-corrected chi connectivity index (χ3v) is 4.42. The number of aromatic nitrogens is 4. The van der Waals surface area contributed by atoms with Crippen molar-refractivity contribution >= 4 is 46.2 Å². The minimum absolute atomic E-state index is 0.519. The van der Waals surface area contributed by atoms with Gasteiger partial charge in [0.15, 0.2) is 5.11 Å². The standard InChI is InChI=1S/C16H16Cl2N6S/c1-23-14(4-5-20-23)8-19-16(25)22-13-7-21-24(10-13)9-11-2-3-12(17)6-15(11)18/h2-7,10H,8-9H2,1H3,(H2,19,22,25). The van der Waals surface area contributed by atoms with E-state index in [9.17, 15) is 0 Å². The number of rotatable bonds is 5. The Hall–Kier alpha value is -2.09. The van der Waals surface area contributed by atoms with Gasteiger partial charge in [-0.3, -0.25) is 9.36 Å². The van der Waals surface area contributed by atoms with E-state index in [0.717, 1.165) is 16.9 Å². The van der Waals surface area contributed by atoms with Crippen LogP contribution in [-0.2, 0) is 20.1 Å². The zero-order chi connectivity index (χ0) is 17.8. The van der Waals surface area contributed by atoms with E-state index < -0.39 is 0 Å². The van der Waals surface area contributed by atoms with E-state index in [1.165, 1.54) is 0 Å². The molecule has 0 aliphatic heterocycles. The lowest BCUT2D eigenvalue weighted by atomic mass is 10.2. The number of anilines is 1. The Balaban J connectivity index is 1.56. The molecule has 0 fully saturated rings. The minimum Gasteiger partial charge on any atom is -0.357 e. The molecule has 0 amide bonds. The van der Waals surface area contributed by atoms with Crippen molar-refractivity contribution in [3.63, 3.8) is 0 Å². The quantitative estimate of drug-likeness (QED) is 0.648. The van der Waals surface area contributed by atoms with Gasteiger partial charge in [0, 0.05) is 29.5 Å². The fourth-order valence-corrected chi connectivity index (χ4v) is 2.92. The van der Waals surface area contributed by atoms with E-state index in [-0.39, 0.29) is 0 Å². The van der Waals surface area contributed by atoms with E-state index in [2.05, 4.69) is 20.8 Å². The third-order valence-electron chi connectivity index (χ3n) is 3.59. The monoisotopic (exact) mass is 394 g/mol. The highest BCUT2D eigenvalue weighted by Crippen LogP contribution is 2.22. The van der Waals surface area contributed by atoms with Crippen LogP contribution in [-0.4, -0.2) is 24.7 Å². The molecule has 2 aromatic heterocycles. The molecule has 2 heterocycles. The second-order valence-corrected chi connectivity index (χ2v) is 6.67. The Morgan fingerprint density at radius 3 is 2.80 bits per heavy atom. The van der Waals surface area contributed by atoms with E-state index >= 15 is 0 Å². The first-order chi connectivity index (χ1) is 12.0. The van der Waals surface area contributed by atoms with Crippen molar-refractivity contribution in [2.45, 2.75) is 13.1 Å². The predicted octanol–water partition coefficient (Wildman–Crippen LogP) is 3.46. The Labute approximate surface area is 160 Å². The fourth-order valence-electron chi connectivity index (χ4n) is 2.26. The van der Waals surface area contributed by atoms with Gasteiger partial charge in [0.1, 0.15) is 0 Å². The molecule has 25 heavy (non-hydrogen) atoms. The molecular weight excluding hydrogens is 379 g/mol.